The summed E-state index contributed by atoms with van der Waals surface area (Å²) in [6, 6.07) is 0. The Morgan fingerprint density at radius 1 is 1.13 bits per heavy atom. The Kier molecular flexibility index (Phi) is 1.74. The van der Waals surface area contributed by atoms with Crippen LogP contribution in [0.3, 0.4) is 0 Å². The van der Waals surface area contributed by atoms with Crippen molar-refractivity contribution in [3.05, 3.63) is 12.7 Å². The molecule has 2 aromatic heterocycles. The number of nitrogen functional groups attached to an aromatic ring is 1. The van der Waals surface area contributed by atoms with Gasteiger partial charge in [0.25, 0.3) is 0 Å². The molecule has 0 spiro atoms. The SMILES string of the molecule is Nn1cnc2c(N3CCCC3)ncnc21. The van der Waals surface area contributed by atoms with Crippen LogP contribution in [-0.4, -0.2) is 32.7 Å². The minimum absolute atomic E-state index is 0.687. The molecular weight excluding hydrogens is 192 g/mol. The summed E-state index contributed by atoms with van der Waals surface area (Å²) in [7, 11) is 0. The minimum atomic E-state index is 0.687. The number of hydrogen-bond acceptors (Lipinski definition) is 5. The van der Waals surface area contributed by atoms with Gasteiger partial charge in [0.1, 0.15) is 12.7 Å². The molecule has 0 radical (unpaired) electrons. The molecule has 0 aromatic carbocycles. The topological polar surface area (TPSA) is 72.9 Å². The van der Waals surface area contributed by atoms with E-state index in [0.717, 1.165) is 24.4 Å². The van der Waals surface area contributed by atoms with Crippen molar-refractivity contribution in [1.29, 1.82) is 0 Å². The summed E-state index contributed by atoms with van der Waals surface area (Å²) in [6.07, 6.45) is 5.55. The number of aromatic nitrogens is 4. The van der Waals surface area contributed by atoms with Gasteiger partial charge in [-0.1, -0.05) is 0 Å². The van der Waals surface area contributed by atoms with E-state index in [0.29, 0.717) is 5.65 Å². The highest BCUT2D eigenvalue weighted by Gasteiger charge is 2.18. The molecule has 78 valence electrons. The van der Waals surface area contributed by atoms with Gasteiger partial charge < -0.3 is 10.7 Å². The second kappa shape index (κ2) is 3.08. The van der Waals surface area contributed by atoms with E-state index in [9.17, 15) is 0 Å². The number of rotatable bonds is 1. The maximum absolute atomic E-state index is 5.69. The highest BCUT2D eigenvalue weighted by Crippen LogP contribution is 2.23. The van der Waals surface area contributed by atoms with Gasteiger partial charge in [0.05, 0.1) is 0 Å². The van der Waals surface area contributed by atoms with Gasteiger partial charge in [-0.05, 0) is 12.8 Å². The summed E-state index contributed by atoms with van der Waals surface area (Å²) in [5.41, 5.74) is 1.48. The smallest absolute Gasteiger partial charge is 0.183 e. The molecule has 2 aromatic rings. The van der Waals surface area contributed by atoms with Crippen LogP contribution in [0.25, 0.3) is 11.2 Å². The monoisotopic (exact) mass is 204 g/mol. The Balaban J connectivity index is 2.17. The quantitative estimate of drug-likeness (QED) is 0.669. The predicted molar refractivity (Wildman–Crippen MR) is 56.9 cm³/mol. The van der Waals surface area contributed by atoms with E-state index >= 15 is 0 Å². The van der Waals surface area contributed by atoms with Crippen molar-refractivity contribution in [2.75, 3.05) is 23.8 Å². The molecule has 1 aliphatic heterocycles. The molecule has 1 fully saturated rings. The van der Waals surface area contributed by atoms with Gasteiger partial charge in [-0.3, -0.25) is 0 Å². The molecule has 3 heterocycles. The summed E-state index contributed by atoms with van der Waals surface area (Å²) in [5, 5.41) is 0. The summed E-state index contributed by atoms with van der Waals surface area (Å²) in [4.78, 5) is 14.9. The maximum Gasteiger partial charge on any atom is 0.183 e. The number of nitrogens with zero attached hydrogens (tertiary/aromatic N) is 5. The molecular formula is C9H12N6. The van der Waals surface area contributed by atoms with E-state index < -0.39 is 0 Å². The van der Waals surface area contributed by atoms with E-state index in [1.807, 2.05) is 0 Å². The fraction of sp³-hybridized carbons (Fsp3) is 0.444. The van der Waals surface area contributed by atoms with E-state index in [1.165, 1.54) is 17.5 Å². The highest BCUT2D eigenvalue weighted by atomic mass is 15.3. The van der Waals surface area contributed by atoms with Crippen LogP contribution >= 0.6 is 0 Å². The normalized spacial score (nSPS) is 16.4. The number of fused-ring (bicyclic) bond motifs is 1. The Morgan fingerprint density at radius 3 is 2.73 bits per heavy atom. The summed E-state index contributed by atoms with van der Waals surface area (Å²) >= 11 is 0. The molecule has 15 heavy (non-hydrogen) atoms. The van der Waals surface area contributed by atoms with Crippen LogP contribution < -0.4 is 10.7 Å². The third-order valence-corrected chi connectivity index (χ3v) is 2.75. The fourth-order valence-electron chi connectivity index (χ4n) is 2.00. The Labute approximate surface area is 86.7 Å². The van der Waals surface area contributed by atoms with Crippen LogP contribution in [0.1, 0.15) is 12.8 Å². The lowest BCUT2D eigenvalue weighted by Crippen LogP contribution is -2.19. The molecule has 1 aliphatic rings. The highest BCUT2D eigenvalue weighted by molar-refractivity contribution is 5.83. The van der Waals surface area contributed by atoms with Crippen molar-refractivity contribution in [3.63, 3.8) is 0 Å². The summed E-state index contributed by atoms with van der Waals surface area (Å²) < 4.78 is 1.43. The van der Waals surface area contributed by atoms with Crippen LogP contribution in [0, 0.1) is 0 Å². The first-order valence-electron chi connectivity index (χ1n) is 5.04. The largest absolute Gasteiger partial charge is 0.355 e. The molecule has 0 saturated carbocycles. The van der Waals surface area contributed by atoms with Crippen molar-refractivity contribution in [2.45, 2.75) is 12.8 Å². The zero-order valence-electron chi connectivity index (χ0n) is 8.30. The van der Waals surface area contributed by atoms with E-state index in [-0.39, 0.29) is 0 Å². The van der Waals surface area contributed by atoms with Gasteiger partial charge in [0, 0.05) is 13.1 Å². The average Bonchev–Trinajstić information content (AvgIpc) is 2.88. The molecule has 0 atom stereocenters. The number of imidazole rings is 1. The van der Waals surface area contributed by atoms with Crippen LogP contribution in [0.2, 0.25) is 0 Å². The first kappa shape index (κ1) is 8.46. The predicted octanol–water partition coefficient (Wildman–Crippen LogP) is 0.140. The third-order valence-electron chi connectivity index (χ3n) is 2.75. The van der Waals surface area contributed by atoms with Gasteiger partial charge in [-0.2, -0.15) is 0 Å². The van der Waals surface area contributed by atoms with E-state index in [2.05, 4.69) is 19.9 Å². The summed E-state index contributed by atoms with van der Waals surface area (Å²) in [6.45, 7) is 2.09. The molecule has 6 heteroatoms. The Hall–Kier alpha value is -1.85. The van der Waals surface area contributed by atoms with Gasteiger partial charge in [0.15, 0.2) is 17.0 Å². The maximum atomic E-state index is 5.69. The van der Waals surface area contributed by atoms with Gasteiger partial charge >= 0.3 is 0 Å². The summed E-state index contributed by atoms with van der Waals surface area (Å²) in [5.74, 6) is 6.59. The van der Waals surface area contributed by atoms with Crippen LogP contribution in [-0.2, 0) is 0 Å². The zero-order chi connectivity index (χ0) is 10.3. The molecule has 6 nitrogen and oxygen atoms in total. The van der Waals surface area contributed by atoms with Crippen molar-refractivity contribution in [3.8, 4) is 0 Å². The Bertz CT molecular complexity index is 484. The lowest BCUT2D eigenvalue weighted by molar-refractivity contribution is 0.934. The second-order valence-electron chi connectivity index (χ2n) is 3.72. The molecule has 0 amide bonds. The second-order valence-corrected chi connectivity index (χ2v) is 3.72. The first-order chi connectivity index (χ1) is 7.36. The molecule has 3 rings (SSSR count). The first-order valence-corrected chi connectivity index (χ1v) is 5.04. The molecule has 2 N–H and O–H groups in total. The van der Waals surface area contributed by atoms with Crippen molar-refractivity contribution in [1.82, 2.24) is 19.6 Å². The van der Waals surface area contributed by atoms with Crippen molar-refractivity contribution in [2.24, 2.45) is 0 Å². The van der Waals surface area contributed by atoms with Gasteiger partial charge in [-0.15, -0.1) is 0 Å². The lowest BCUT2D eigenvalue weighted by atomic mass is 10.4. The molecule has 0 aliphatic carbocycles. The fourth-order valence-corrected chi connectivity index (χ4v) is 2.00. The van der Waals surface area contributed by atoms with Crippen LogP contribution in [0.15, 0.2) is 12.7 Å². The zero-order valence-corrected chi connectivity index (χ0v) is 8.30. The van der Waals surface area contributed by atoms with Gasteiger partial charge in [0.2, 0.25) is 0 Å². The van der Waals surface area contributed by atoms with Crippen molar-refractivity contribution >= 4 is 17.0 Å². The molecule has 1 saturated heterocycles. The third kappa shape index (κ3) is 1.21. The number of anilines is 1. The van der Waals surface area contributed by atoms with Crippen LogP contribution in [0.4, 0.5) is 5.82 Å². The minimum Gasteiger partial charge on any atom is -0.355 e. The lowest BCUT2D eigenvalue weighted by Gasteiger charge is -2.15. The Morgan fingerprint density at radius 2 is 1.93 bits per heavy atom. The van der Waals surface area contributed by atoms with E-state index in [1.54, 1.807) is 12.7 Å². The number of nitrogens with two attached hydrogens (primary N) is 1. The van der Waals surface area contributed by atoms with Crippen molar-refractivity contribution < 1.29 is 0 Å². The molecule has 0 unspecified atom stereocenters. The standard InChI is InChI=1S/C9H12N6/c10-15-6-13-7-8(11-5-12-9(7)15)14-3-1-2-4-14/h5-6H,1-4,10H2. The number of hydrogen-bond donors (Lipinski definition) is 1. The van der Waals surface area contributed by atoms with Crippen LogP contribution in [0.5, 0.6) is 0 Å². The average molecular weight is 204 g/mol. The van der Waals surface area contributed by atoms with Gasteiger partial charge in [-0.25, -0.2) is 19.6 Å². The van der Waals surface area contributed by atoms with E-state index in [4.69, 9.17) is 5.84 Å². The molecule has 0 bridgehead atoms.